The van der Waals surface area contributed by atoms with Gasteiger partial charge in [-0.2, -0.15) is 17.4 Å². The van der Waals surface area contributed by atoms with Crippen molar-refractivity contribution < 1.29 is 23.1 Å². The minimum Gasteiger partial charge on any atom is -0.480 e. The average Bonchev–Trinajstić information content (AvgIpc) is 2.38. The van der Waals surface area contributed by atoms with Gasteiger partial charge >= 0.3 is 5.97 Å². The third-order valence-corrected chi connectivity index (χ3v) is 3.50. The topological polar surface area (TPSA) is 95.9 Å². The van der Waals surface area contributed by atoms with Gasteiger partial charge in [0, 0.05) is 20.2 Å². The summed E-state index contributed by atoms with van der Waals surface area (Å²) in [6.07, 6.45) is 0. The van der Waals surface area contributed by atoms with E-state index < -0.39 is 22.2 Å². The molecule has 0 bridgehead atoms. The van der Waals surface area contributed by atoms with Gasteiger partial charge in [-0.05, 0) is 0 Å². The first-order valence-electron chi connectivity index (χ1n) is 3.97. The predicted octanol–water partition coefficient (Wildman–Crippen LogP) is -1.76. The Labute approximate surface area is 81.8 Å². The van der Waals surface area contributed by atoms with Gasteiger partial charge in [-0.3, -0.25) is 4.79 Å². The molecule has 1 fully saturated rings. The number of aliphatic carboxylic acids is 1. The molecule has 1 saturated heterocycles. The van der Waals surface area contributed by atoms with Crippen LogP contribution in [0.1, 0.15) is 0 Å². The fourth-order valence-electron chi connectivity index (χ4n) is 1.20. The SMILES string of the molecule is COCCN1C(C(=O)O)CNS1(=O)=O. The van der Waals surface area contributed by atoms with Gasteiger partial charge < -0.3 is 9.84 Å². The third-order valence-electron chi connectivity index (χ3n) is 1.92. The van der Waals surface area contributed by atoms with Crippen molar-refractivity contribution in [3.63, 3.8) is 0 Å². The van der Waals surface area contributed by atoms with E-state index in [0.717, 1.165) is 4.31 Å². The number of ether oxygens (including phenoxy) is 1. The van der Waals surface area contributed by atoms with Crippen LogP contribution in [0, 0.1) is 0 Å². The molecule has 0 radical (unpaired) electrons. The van der Waals surface area contributed by atoms with Gasteiger partial charge in [-0.15, -0.1) is 0 Å². The smallest absolute Gasteiger partial charge is 0.323 e. The highest BCUT2D eigenvalue weighted by atomic mass is 32.2. The number of hydrogen-bond donors (Lipinski definition) is 2. The first-order chi connectivity index (χ1) is 6.49. The zero-order valence-electron chi connectivity index (χ0n) is 7.63. The van der Waals surface area contributed by atoms with Gasteiger partial charge in [0.15, 0.2) is 0 Å². The molecule has 82 valence electrons. The predicted molar refractivity (Wildman–Crippen MR) is 46.9 cm³/mol. The van der Waals surface area contributed by atoms with Crippen molar-refractivity contribution in [2.45, 2.75) is 6.04 Å². The van der Waals surface area contributed by atoms with Gasteiger partial charge in [0.05, 0.1) is 6.61 Å². The molecular formula is C6H12N2O5S. The van der Waals surface area contributed by atoms with Crippen molar-refractivity contribution >= 4 is 16.2 Å². The number of carboxylic acids is 1. The Bertz CT molecular complexity index is 314. The van der Waals surface area contributed by atoms with Crippen LogP contribution in [-0.4, -0.2) is 56.6 Å². The van der Waals surface area contributed by atoms with Crippen LogP contribution in [0.5, 0.6) is 0 Å². The lowest BCUT2D eigenvalue weighted by atomic mass is 10.3. The number of carbonyl (C=O) groups is 1. The average molecular weight is 224 g/mol. The molecule has 1 aliphatic heterocycles. The largest absolute Gasteiger partial charge is 0.480 e. The number of hydrogen-bond acceptors (Lipinski definition) is 4. The van der Waals surface area contributed by atoms with E-state index in [9.17, 15) is 13.2 Å². The van der Waals surface area contributed by atoms with Gasteiger partial charge in [-0.25, -0.2) is 0 Å². The summed E-state index contributed by atoms with van der Waals surface area (Å²) in [5.41, 5.74) is 0. The Morgan fingerprint density at radius 2 is 2.36 bits per heavy atom. The minimum absolute atomic E-state index is 0.0444. The molecule has 0 aromatic rings. The first kappa shape index (κ1) is 11.4. The number of rotatable bonds is 4. The van der Waals surface area contributed by atoms with Crippen molar-refractivity contribution in [3.8, 4) is 0 Å². The van der Waals surface area contributed by atoms with Crippen LogP contribution in [-0.2, 0) is 19.7 Å². The highest BCUT2D eigenvalue weighted by Crippen LogP contribution is 2.12. The highest BCUT2D eigenvalue weighted by molar-refractivity contribution is 7.87. The van der Waals surface area contributed by atoms with Crippen molar-refractivity contribution in [1.82, 2.24) is 9.03 Å². The Balaban J connectivity index is 2.76. The standard InChI is InChI=1S/C6H12N2O5S/c1-13-3-2-8-5(6(9)10)4-7-14(8,11)12/h5,7H,2-4H2,1H3,(H,9,10). The molecule has 0 aromatic heterocycles. The van der Waals surface area contributed by atoms with Crippen LogP contribution in [0.4, 0.5) is 0 Å². The Kier molecular flexibility index (Phi) is 3.43. The normalized spacial score (nSPS) is 26.5. The zero-order chi connectivity index (χ0) is 10.8. The fraction of sp³-hybridized carbons (Fsp3) is 0.833. The van der Waals surface area contributed by atoms with Crippen molar-refractivity contribution in [2.75, 3.05) is 26.8 Å². The molecule has 1 unspecified atom stereocenters. The maximum Gasteiger partial charge on any atom is 0.323 e. The van der Waals surface area contributed by atoms with Crippen LogP contribution in [0.25, 0.3) is 0 Å². The summed E-state index contributed by atoms with van der Waals surface area (Å²) in [6, 6.07) is -1.03. The third kappa shape index (κ3) is 2.21. The number of methoxy groups -OCH3 is 1. The highest BCUT2D eigenvalue weighted by Gasteiger charge is 2.40. The molecule has 0 amide bonds. The summed E-state index contributed by atoms with van der Waals surface area (Å²) in [6.45, 7) is 0.120. The lowest BCUT2D eigenvalue weighted by Crippen LogP contribution is -2.41. The summed E-state index contributed by atoms with van der Waals surface area (Å²) in [7, 11) is -2.21. The summed E-state index contributed by atoms with van der Waals surface area (Å²) < 4.78 is 30.3. The maximum absolute atomic E-state index is 11.3. The minimum atomic E-state index is -3.63. The van der Waals surface area contributed by atoms with Gasteiger partial charge in [-0.1, -0.05) is 0 Å². The number of nitrogens with one attached hydrogen (secondary N) is 1. The van der Waals surface area contributed by atoms with E-state index in [1.165, 1.54) is 7.11 Å². The van der Waals surface area contributed by atoms with Crippen LogP contribution in [0.3, 0.4) is 0 Å². The molecule has 1 aliphatic rings. The molecule has 1 atom stereocenters. The second-order valence-electron chi connectivity index (χ2n) is 2.81. The maximum atomic E-state index is 11.3. The molecule has 7 nitrogen and oxygen atoms in total. The quantitative estimate of drug-likeness (QED) is 0.589. The lowest BCUT2D eigenvalue weighted by molar-refractivity contribution is -0.140. The van der Waals surface area contributed by atoms with E-state index in [0.29, 0.717) is 0 Å². The number of carboxylic acid groups (broad SMARTS) is 1. The summed E-state index contributed by atoms with van der Waals surface area (Å²) in [5.74, 6) is -1.16. The van der Waals surface area contributed by atoms with E-state index >= 15 is 0 Å². The zero-order valence-corrected chi connectivity index (χ0v) is 8.45. The molecule has 2 N–H and O–H groups in total. The van der Waals surface area contributed by atoms with Gasteiger partial charge in [0.1, 0.15) is 6.04 Å². The first-order valence-corrected chi connectivity index (χ1v) is 5.41. The van der Waals surface area contributed by atoms with E-state index in [4.69, 9.17) is 9.84 Å². The molecule has 0 aliphatic carbocycles. The molecule has 0 aromatic carbocycles. The monoisotopic (exact) mass is 224 g/mol. The van der Waals surface area contributed by atoms with Crippen molar-refractivity contribution in [1.29, 1.82) is 0 Å². The van der Waals surface area contributed by atoms with E-state index in [-0.39, 0.29) is 19.7 Å². The van der Waals surface area contributed by atoms with Crippen LogP contribution < -0.4 is 4.72 Å². The lowest BCUT2D eigenvalue weighted by Gasteiger charge is -2.17. The van der Waals surface area contributed by atoms with Crippen molar-refractivity contribution in [2.24, 2.45) is 0 Å². The van der Waals surface area contributed by atoms with Crippen LogP contribution >= 0.6 is 0 Å². The second-order valence-corrected chi connectivity index (χ2v) is 4.52. The van der Waals surface area contributed by atoms with Gasteiger partial charge in [0.25, 0.3) is 10.2 Å². The van der Waals surface area contributed by atoms with E-state index in [2.05, 4.69) is 4.72 Å². The second kappa shape index (κ2) is 4.22. The molecule has 0 spiro atoms. The van der Waals surface area contributed by atoms with Gasteiger partial charge in [0.2, 0.25) is 0 Å². The van der Waals surface area contributed by atoms with E-state index in [1.54, 1.807) is 0 Å². The van der Waals surface area contributed by atoms with Crippen molar-refractivity contribution in [3.05, 3.63) is 0 Å². The molecule has 1 heterocycles. The Morgan fingerprint density at radius 1 is 1.71 bits per heavy atom. The Morgan fingerprint density at radius 3 is 2.86 bits per heavy atom. The number of nitrogens with zero attached hydrogens (tertiary/aromatic N) is 1. The molecular weight excluding hydrogens is 212 g/mol. The van der Waals surface area contributed by atoms with Crippen LogP contribution in [0.2, 0.25) is 0 Å². The Hall–Kier alpha value is -0.700. The molecule has 0 saturated carbocycles. The fourth-order valence-corrected chi connectivity index (χ4v) is 2.55. The molecule has 8 heteroatoms. The molecule has 14 heavy (non-hydrogen) atoms. The molecule has 1 rings (SSSR count). The summed E-state index contributed by atoms with van der Waals surface area (Å²) in [4.78, 5) is 10.7. The van der Waals surface area contributed by atoms with Crippen LogP contribution in [0.15, 0.2) is 0 Å². The summed E-state index contributed by atoms with van der Waals surface area (Å²) >= 11 is 0. The summed E-state index contributed by atoms with van der Waals surface area (Å²) in [5, 5.41) is 8.73. The van der Waals surface area contributed by atoms with E-state index in [1.807, 2.05) is 0 Å².